The molecule has 0 aliphatic carbocycles. The Labute approximate surface area is 123 Å². The number of halogens is 1. The predicted molar refractivity (Wildman–Crippen MR) is 79.3 cm³/mol. The first kappa shape index (κ1) is 13.6. The zero-order valence-electron chi connectivity index (χ0n) is 11.8. The van der Waals surface area contributed by atoms with Gasteiger partial charge in [0, 0.05) is 38.3 Å². The second-order valence-corrected chi connectivity index (χ2v) is 5.58. The molecule has 1 atom stereocenters. The van der Waals surface area contributed by atoms with E-state index in [4.69, 9.17) is 11.6 Å². The number of rotatable bonds is 3. The summed E-state index contributed by atoms with van der Waals surface area (Å²) < 4.78 is 1.75. The van der Waals surface area contributed by atoms with Crippen LogP contribution in [0, 0.1) is 0 Å². The lowest BCUT2D eigenvalue weighted by atomic mass is 10.2. The van der Waals surface area contributed by atoms with Crippen molar-refractivity contribution in [1.82, 2.24) is 24.5 Å². The van der Waals surface area contributed by atoms with E-state index < -0.39 is 0 Å². The van der Waals surface area contributed by atoms with E-state index >= 15 is 0 Å². The standard InChI is InChI=1S/C13H19ClN6/c1-3-10(2)18-4-6-19(7-5-18)12-8-11(14)17-13-15-9-16-20(12)13/h8-10H,3-7H2,1-2H3. The van der Waals surface area contributed by atoms with Gasteiger partial charge >= 0.3 is 0 Å². The van der Waals surface area contributed by atoms with Crippen LogP contribution in [0.4, 0.5) is 5.82 Å². The van der Waals surface area contributed by atoms with Crippen molar-refractivity contribution in [1.29, 1.82) is 0 Å². The highest BCUT2D eigenvalue weighted by Crippen LogP contribution is 2.21. The molecular formula is C13H19ClN6. The third kappa shape index (κ3) is 2.45. The lowest BCUT2D eigenvalue weighted by Gasteiger charge is -2.38. The summed E-state index contributed by atoms with van der Waals surface area (Å²) in [7, 11) is 0. The molecule has 3 rings (SSSR count). The first-order valence-corrected chi connectivity index (χ1v) is 7.42. The normalized spacial score (nSPS) is 18.6. The van der Waals surface area contributed by atoms with Crippen LogP contribution in [0.3, 0.4) is 0 Å². The van der Waals surface area contributed by atoms with Gasteiger partial charge in [-0.05, 0) is 13.3 Å². The van der Waals surface area contributed by atoms with Gasteiger partial charge in [0.2, 0.25) is 0 Å². The summed E-state index contributed by atoms with van der Waals surface area (Å²) in [5.74, 6) is 1.53. The van der Waals surface area contributed by atoms with E-state index in [9.17, 15) is 0 Å². The molecule has 2 aromatic heterocycles. The average Bonchev–Trinajstić information content (AvgIpc) is 2.94. The average molecular weight is 295 g/mol. The number of aromatic nitrogens is 4. The molecule has 1 fully saturated rings. The molecule has 0 saturated carbocycles. The smallest absolute Gasteiger partial charge is 0.255 e. The Balaban J connectivity index is 1.81. The molecule has 0 amide bonds. The summed E-state index contributed by atoms with van der Waals surface area (Å²) in [5, 5.41) is 4.70. The van der Waals surface area contributed by atoms with Gasteiger partial charge in [-0.2, -0.15) is 19.6 Å². The van der Waals surface area contributed by atoms with Crippen LogP contribution in [0.25, 0.3) is 5.78 Å². The molecule has 0 radical (unpaired) electrons. The van der Waals surface area contributed by atoms with Crippen LogP contribution in [0.2, 0.25) is 5.15 Å². The summed E-state index contributed by atoms with van der Waals surface area (Å²) in [4.78, 5) is 13.1. The molecule has 1 unspecified atom stereocenters. The van der Waals surface area contributed by atoms with E-state index in [2.05, 4.69) is 38.7 Å². The SMILES string of the molecule is CCC(C)N1CCN(c2cc(Cl)nc3ncnn23)CC1. The lowest BCUT2D eigenvalue weighted by Crippen LogP contribution is -2.50. The van der Waals surface area contributed by atoms with Gasteiger partial charge in [0.05, 0.1) is 0 Å². The van der Waals surface area contributed by atoms with Gasteiger partial charge in [0.25, 0.3) is 5.78 Å². The minimum Gasteiger partial charge on any atom is -0.354 e. The van der Waals surface area contributed by atoms with E-state index in [-0.39, 0.29) is 0 Å². The maximum absolute atomic E-state index is 6.07. The highest BCUT2D eigenvalue weighted by molar-refractivity contribution is 6.29. The molecule has 20 heavy (non-hydrogen) atoms. The minimum absolute atomic E-state index is 0.463. The third-order valence-electron chi connectivity index (χ3n) is 4.05. The third-order valence-corrected chi connectivity index (χ3v) is 4.25. The van der Waals surface area contributed by atoms with Crippen LogP contribution in [-0.4, -0.2) is 56.7 Å². The van der Waals surface area contributed by atoms with Crippen molar-refractivity contribution in [3.05, 3.63) is 17.5 Å². The predicted octanol–water partition coefficient (Wildman–Crippen LogP) is 1.70. The second-order valence-electron chi connectivity index (χ2n) is 5.19. The van der Waals surface area contributed by atoms with Crippen molar-refractivity contribution in [3.8, 4) is 0 Å². The van der Waals surface area contributed by atoms with Crippen LogP contribution in [0.5, 0.6) is 0 Å². The molecule has 1 aliphatic rings. The Hall–Kier alpha value is -1.40. The first-order chi connectivity index (χ1) is 9.69. The Morgan fingerprint density at radius 3 is 2.75 bits per heavy atom. The fourth-order valence-corrected chi connectivity index (χ4v) is 2.82. The summed E-state index contributed by atoms with van der Waals surface area (Å²) in [6, 6.07) is 2.51. The first-order valence-electron chi connectivity index (χ1n) is 7.04. The van der Waals surface area contributed by atoms with Crippen molar-refractivity contribution in [3.63, 3.8) is 0 Å². The second kappa shape index (κ2) is 5.54. The van der Waals surface area contributed by atoms with Gasteiger partial charge in [-0.3, -0.25) is 4.90 Å². The number of nitrogens with zero attached hydrogens (tertiary/aromatic N) is 6. The van der Waals surface area contributed by atoms with Gasteiger partial charge in [-0.15, -0.1) is 0 Å². The zero-order chi connectivity index (χ0) is 14.1. The van der Waals surface area contributed by atoms with Crippen molar-refractivity contribution < 1.29 is 0 Å². The van der Waals surface area contributed by atoms with Gasteiger partial charge in [0.15, 0.2) is 0 Å². The van der Waals surface area contributed by atoms with Crippen molar-refractivity contribution in [2.45, 2.75) is 26.3 Å². The number of piperazine rings is 1. The van der Waals surface area contributed by atoms with Crippen LogP contribution in [0.1, 0.15) is 20.3 Å². The zero-order valence-corrected chi connectivity index (χ0v) is 12.6. The Bertz CT molecular complexity index is 590. The number of hydrogen-bond acceptors (Lipinski definition) is 5. The monoisotopic (exact) mass is 294 g/mol. The molecule has 108 valence electrons. The van der Waals surface area contributed by atoms with Gasteiger partial charge in [-0.1, -0.05) is 18.5 Å². The molecule has 1 aliphatic heterocycles. The molecule has 2 aromatic rings. The topological polar surface area (TPSA) is 49.6 Å². The molecule has 6 nitrogen and oxygen atoms in total. The molecular weight excluding hydrogens is 276 g/mol. The maximum Gasteiger partial charge on any atom is 0.255 e. The largest absolute Gasteiger partial charge is 0.354 e. The van der Waals surface area contributed by atoms with Gasteiger partial charge in [0.1, 0.15) is 17.3 Å². The van der Waals surface area contributed by atoms with Crippen molar-refractivity contribution in [2.75, 3.05) is 31.1 Å². The quantitative estimate of drug-likeness (QED) is 0.807. The summed E-state index contributed by atoms with van der Waals surface area (Å²) in [6.45, 7) is 8.59. The summed E-state index contributed by atoms with van der Waals surface area (Å²) >= 11 is 6.07. The maximum atomic E-state index is 6.07. The molecule has 0 aromatic carbocycles. The summed E-state index contributed by atoms with van der Waals surface area (Å²) in [5.41, 5.74) is 0. The van der Waals surface area contributed by atoms with E-state index in [1.54, 1.807) is 4.52 Å². The number of anilines is 1. The fraction of sp³-hybridized carbons (Fsp3) is 0.615. The summed E-state index contributed by atoms with van der Waals surface area (Å²) in [6.07, 6.45) is 2.70. The number of fused-ring (bicyclic) bond motifs is 1. The highest BCUT2D eigenvalue weighted by Gasteiger charge is 2.22. The van der Waals surface area contributed by atoms with Crippen molar-refractivity contribution in [2.24, 2.45) is 0 Å². The fourth-order valence-electron chi connectivity index (χ4n) is 2.64. The lowest BCUT2D eigenvalue weighted by molar-refractivity contribution is 0.192. The van der Waals surface area contributed by atoms with E-state index in [1.165, 1.54) is 12.7 Å². The Morgan fingerprint density at radius 2 is 2.05 bits per heavy atom. The van der Waals surface area contributed by atoms with E-state index in [0.717, 1.165) is 32.0 Å². The van der Waals surface area contributed by atoms with Crippen LogP contribution >= 0.6 is 11.6 Å². The number of hydrogen-bond donors (Lipinski definition) is 0. The molecule has 7 heteroatoms. The molecule has 0 spiro atoms. The minimum atomic E-state index is 0.463. The molecule has 0 N–H and O–H groups in total. The molecule has 1 saturated heterocycles. The van der Waals surface area contributed by atoms with Crippen LogP contribution in [-0.2, 0) is 0 Å². The van der Waals surface area contributed by atoms with E-state index in [0.29, 0.717) is 17.0 Å². The van der Waals surface area contributed by atoms with Crippen LogP contribution < -0.4 is 4.90 Å². The van der Waals surface area contributed by atoms with Gasteiger partial charge < -0.3 is 4.90 Å². The van der Waals surface area contributed by atoms with E-state index in [1.807, 2.05) is 6.07 Å². The Kier molecular flexibility index (Phi) is 3.76. The van der Waals surface area contributed by atoms with Gasteiger partial charge in [-0.25, -0.2) is 0 Å². The van der Waals surface area contributed by atoms with Crippen molar-refractivity contribution >= 4 is 23.2 Å². The highest BCUT2D eigenvalue weighted by atomic mass is 35.5. The Morgan fingerprint density at radius 1 is 1.30 bits per heavy atom. The molecule has 3 heterocycles. The van der Waals surface area contributed by atoms with Crippen LogP contribution in [0.15, 0.2) is 12.4 Å². The molecule has 0 bridgehead atoms.